The summed E-state index contributed by atoms with van der Waals surface area (Å²) in [5.41, 5.74) is 3.92. The molecule has 0 saturated carbocycles. The minimum atomic E-state index is -0.527. The molecule has 7 rings (SSSR count). The predicted octanol–water partition coefficient (Wildman–Crippen LogP) is 8.60. The number of ether oxygens (including phenoxy) is 1. The lowest BCUT2D eigenvalue weighted by Crippen LogP contribution is -2.48. The Balaban J connectivity index is 0.677. The summed E-state index contributed by atoms with van der Waals surface area (Å²) in [6, 6.07) is 26.6. The Morgan fingerprint density at radius 1 is 0.689 bits per heavy atom. The molecule has 2 aromatic heterocycles. The molecular formula is C55H66Cl2N10O7. The highest BCUT2D eigenvalue weighted by molar-refractivity contribution is 6.38. The van der Waals surface area contributed by atoms with Crippen LogP contribution in [0.1, 0.15) is 111 Å². The van der Waals surface area contributed by atoms with Crippen molar-refractivity contribution in [3.05, 3.63) is 118 Å². The molecule has 4 heterocycles. The van der Waals surface area contributed by atoms with Crippen LogP contribution >= 0.6 is 23.2 Å². The number of halogens is 2. The third-order valence-corrected chi connectivity index (χ3v) is 13.6. The Morgan fingerprint density at radius 2 is 1.35 bits per heavy atom. The number of anilines is 3. The number of carbonyl (C=O) groups is 6. The molecule has 2 saturated heterocycles. The maximum Gasteiger partial charge on any atom is 0.271 e. The molecule has 2 fully saturated rings. The zero-order valence-electron chi connectivity index (χ0n) is 41.7. The second-order valence-electron chi connectivity index (χ2n) is 18.5. The number of benzene rings is 3. The number of pyridine rings is 1. The Morgan fingerprint density at radius 3 is 2.03 bits per heavy atom. The van der Waals surface area contributed by atoms with Gasteiger partial charge in [0.2, 0.25) is 23.6 Å². The smallest absolute Gasteiger partial charge is 0.271 e. The van der Waals surface area contributed by atoms with E-state index < -0.39 is 17.9 Å². The SMILES string of the molecule is O=C(CCCCCCCCCCCCC(=O)N1CCN(c2ccc(NC3CCC(=O)NC3=O)cc2)CC1)NCCOCCNC(=O)c1cc(NC(=O)c2cc(-c3ccccn3)c(Cl)cc2Cl)n(-c2ccccc2)n1. The molecule has 1 atom stereocenters. The molecule has 2 aliphatic rings. The van der Waals surface area contributed by atoms with E-state index in [4.69, 9.17) is 27.9 Å². The van der Waals surface area contributed by atoms with E-state index >= 15 is 0 Å². The number of piperidine rings is 1. The zero-order chi connectivity index (χ0) is 52.1. The molecule has 0 radical (unpaired) electrons. The summed E-state index contributed by atoms with van der Waals surface area (Å²) in [5, 5.41) is 19.1. The topological polar surface area (TPSA) is 209 Å². The molecule has 2 aliphatic heterocycles. The van der Waals surface area contributed by atoms with Gasteiger partial charge in [-0.2, -0.15) is 5.10 Å². The summed E-state index contributed by atoms with van der Waals surface area (Å²) in [6.07, 6.45) is 14.3. The first-order chi connectivity index (χ1) is 36.0. The predicted molar refractivity (Wildman–Crippen MR) is 288 cm³/mol. The number of aromatic nitrogens is 3. The van der Waals surface area contributed by atoms with Gasteiger partial charge in [-0.05, 0) is 79.9 Å². The fraction of sp³-hybridized carbons (Fsp3) is 0.418. The summed E-state index contributed by atoms with van der Waals surface area (Å²) in [4.78, 5) is 84.2. The van der Waals surface area contributed by atoms with Crippen molar-refractivity contribution in [1.82, 2.24) is 35.6 Å². The summed E-state index contributed by atoms with van der Waals surface area (Å²) in [7, 11) is 0. The molecular weight excluding hydrogens is 984 g/mol. The number of hydrogen-bond donors (Lipinski definition) is 5. The van der Waals surface area contributed by atoms with Crippen molar-refractivity contribution in [2.45, 2.75) is 95.9 Å². The van der Waals surface area contributed by atoms with Gasteiger partial charge >= 0.3 is 0 Å². The molecule has 392 valence electrons. The van der Waals surface area contributed by atoms with Gasteiger partial charge < -0.3 is 35.8 Å². The second-order valence-corrected chi connectivity index (χ2v) is 19.3. The quantitative estimate of drug-likeness (QED) is 0.0249. The van der Waals surface area contributed by atoms with Crippen LogP contribution in [-0.2, 0) is 23.9 Å². The standard InChI is InChI=1S/C55H66Cl2N10O7/c56-44-37-45(57)43(36-42(44)46-18-14-15-27-58-46)53(71)62-49-38-48(64-67(49)41-16-10-9-11-17-41)54(72)60-29-35-74-34-28-59-50(68)19-12-7-5-3-1-2-4-6-8-13-20-52(70)66-32-30-65(31-33-66)40-23-21-39(22-24-40)61-47-25-26-51(69)63-55(47)73/h9-11,14-18,21-24,27,36-38,47,61H,1-8,12-13,19-20,25-26,28-35H2,(H,59,68)(H,60,72)(H,62,71)(H,63,69,73). The van der Waals surface area contributed by atoms with Gasteiger partial charge in [0.25, 0.3) is 11.8 Å². The van der Waals surface area contributed by atoms with Gasteiger partial charge in [-0.15, -0.1) is 0 Å². The van der Waals surface area contributed by atoms with E-state index in [-0.39, 0.29) is 58.9 Å². The number of nitrogens with zero attached hydrogens (tertiary/aromatic N) is 5. The largest absolute Gasteiger partial charge is 0.378 e. The number of carbonyl (C=O) groups excluding carboxylic acids is 6. The van der Waals surface area contributed by atoms with Gasteiger partial charge in [-0.25, -0.2) is 4.68 Å². The molecule has 0 aliphatic carbocycles. The van der Waals surface area contributed by atoms with Gasteiger partial charge in [-0.1, -0.05) is 98.8 Å². The van der Waals surface area contributed by atoms with Gasteiger partial charge in [0.15, 0.2) is 5.69 Å². The third-order valence-electron chi connectivity index (χ3n) is 13.0. The third kappa shape index (κ3) is 16.6. The van der Waals surface area contributed by atoms with Crippen LogP contribution in [-0.4, -0.2) is 114 Å². The van der Waals surface area contributed by atoms with E-state index in [0.717, 1.165) is 69.4 Å². The minimum Gasteiger partial charge on any atom is -0.378 e. The number of para-hydroxylation sites is 1. The van der Waals surface area contributed by atoms with Gasteiger partial charge in [0.05, 0.1) is 40.2 Å². The molecule has 74 heavy (non-hydrogen) atoms. The van der Waals surface area contributed by atoms with Crippen molar-refractivity contribution in [2.75, 3.05) is 68.0 Å². The van der Waals surface area contributed by atoms with Crippen LogP contribution in [0.2, 0.25) is 10.0 Å². The van der Waals surface area contributed by atoms with Crippen LogP contribution in [0.15, 0.2) is 97.2 Å². The Hall–Kier alpha value is -6.82. The number of piperazine rings is 1. The fourth-order valence-electron chi connectivity index (χ4n) is 8.90. The summed E-state index contributed by atoms with van der Waals surface area (Å²) in [6.45, 7) is 4.09. The highest BCUT2D eigenvalue weighted by Gasteiger charge is 2.27. The summed E-state index contributed by atoms with van der Waals surface area (Å²) < 4.78 is 7.11. The van der Waals surface area contributed by atoms with Crippen molar-refractivity contribution >= 4 is 75.8 Å². The molecule has 19 heteroatoms. The molecule has 5 N–H and O–H groups in total. The first-order valence-corrected chi connectivity index (χ1v) is 26.5. The van der Waals surface area contributed by atoms with E-state index in [2.05, 4.69) is 41.6 Å². The number of amides is 6. The van der Waals surface area contributed by atoms with Crippen LogP contribution in [0.5, 0.6) is 0 Å². The van der Waals surface area contributed by atoms with Gasteiger partial charge in [0.1, 0.15) is 11.9 Å². The molecule has 0 bridgehead atoms. The second kappa shape index (κ2) is 28.6. The molecule has 0 spiro atoms. The zero-order valence-corrected chi connectivity index (χ0v) is 43.2. The number of hydrogen-bond acceptors (Lipinski definition) is 11. The van der Waals surface area contributed by atoms with Gasteiger partial charge in [0, 0.05) is 87.7 Å². The lowest BCUT2D eigenvalue weighted by atomic mass is 10.0. The normalized spacial score (nSPS) is 14.6. The fourth-order valence-corrected chi connectivity index (χ4v) is 9.47. The van der Waals surface area contributed by atoms with E-state index in [1.54, 1.807) is 36.5 Å². The van der Waals surface area contributed by atoms with E-state index in [1.165, 1.54) is 36.1 Å². The molecule has 3 aromatic carbocycles. The van der Waals surface area contributed by atoms with Crippen LogP contribution in [0, 0.1) is 0 Å². The first-order valence-electron chi connectivity index (χ1n) is 25.8. The summed E-state index contributed by atoms with van der Waals surface area (Å²) in [5.74, 6) is -1.01. The van der Waals surface area contributed by atoms with E-state index in [1.807, 2.05) is 53.4 Å². The Kier molecular flexibility index (Phi) is 21.2. The lowest BCUT2D eigenvalue weighted by Gasteiger charge is -2.36. The number of nitrogens with one attached hydrogen (secondary N) is 5. The van der Waals surface area contributed by atoms with Crippen molar-refractivity contribution in [2.24, 2.45) is 0 Å². The number of imide groups is 1. The Bertz CT molecular complexity index is 2660. The average molecular weight is 1050 g/mol. The maximum atomic E-state index is 13.6. The highest BCUT2D eigenvalue weighted by Crippen LogP contribution is 2.33. The molecule has 6 amide bonds. The number of rotatable bonds is 27. The molecule has 17 nitrogen and oxygen atoms in total. The van der Waals surface area contributed by atoms with Crippen molar-refractivity contribution in [3.8, 4) is 16.9 Å². The molecule has 1 unspecified atom stereocenters. The van der Waals surface area contributed by atoms with Crippen LogP contribution in [0.4, 0.5) is 17.2 Å². The van der Waals surface area contributed by atoms with Crippen LogP contribution < -0.4 is 31.5 Å². The highest BCUT2D eigenvalue weighted by atomic mass is 35.5. The van der Waals surface area contributed by atoms with Crippen molar-refractivity contribution in [3.63, 3.8) is 0 Å². The molecule has 5 aromatic rings. The van der Waals surface area contributed by atoms with Crippen molar-refractivity contribution in [1.29, 1.82) is 0 Å². The minimum absolute atomic E-state index is 0.00303. The maximum absolute atomic E-state index is 13.6. The Labute approximate surface area is 442 Å². The van der Waals surface area contributed by atoms with E-state index in [0.29, 0.717) is 73.9 Å². The van der Waals surface area contributed by atoms with Crippen LogP contribution in [0.3, 0.4) is 0 Å². The van der Waals surface area contributed by atoms with Crippen LogP contribution in [0.25, 0.3) is 16.9 Å². The van der Waals surface area contributed by atoms with Crippen molar-refractivity contribution < 1.29 is 33.5 Å². The lowest BCUT2D eigenvalue weighted by molar-refractivity contribution is -0.134. The van der Waals surface area contributed by atoms with E-state index in [9.17, 15) is 28.8 Å². The van der Waals surface area contributed by atoms with Gasteiger partial charge in [-0.3, -0.25) is 39.1 Å². The number of unbranched alkanes of at least 4 members (excludes halogenated alkanes) is 9. The first kappa shape index (κ1) is 54.9. The summed E-state index contributed by atoms with van der Waals surface area (Å²) >= 11 is 12.9. The average Bonchev–Trinajstić information content (AvgIpc) is 3.84. The monoisotopic (exact) mass is 1050 g/mol.